The van der Waals surface area contributed by atoms with Crippen LogP contribution in [-0.4, -0.2) is 21.0 Å². The molecule has 11 heteroatoms. The number of hydrogen-bond acceptors (Lipinski definition) is 5. The zero-order valence-corrected chi connectivity index (χ0v) is 17.1. The van der Waals surface area contributed by atoms with Crippen LogP contribution < -0.4 is 10.6 Å². The van der Waals surface area contributed by atoms with E-state index in [9.17, 15) is 26.3 Å². The summed E-state index contributed by atoms with van der Waals surface area (Å²) in [5.41, 5.74) is -2.35. The molecule has 0 bridgehead atoms. The van der Waals surface area contributed by atoms with E-state index in [4.69, 9.17) is 0 Å². The average Bonchev–Trinajstić information content (AvgIpc) is 3.26. The monoisotopic (exact) mass is 467 g/mol. The van der Waals surface area contributed by atoms with Crippen LogP contribution in [0, 0.1) is 0 Å². The van der Waals surface area contributed by atoms with Gasteiger partial charge in [-0.3, -0.25) is 4.98 Å². The zero-order valence-electron chi connectivity index (χ0n) is 17.1. The fourth-order valence-corrected chi connectivity index (χ4v) is 3.69. The van der Waals surface area contributed by atoms with E-state index in [1.807, 2.05) is 0 Å². The molecule has 1 aromatic carbocycles. The minimum Gasteiger partial charge on any atom is -0.351 e. The summed E-state index contributed by atoms with van der Waals surface area (Å²) >= 11 is 0. The van der Waals surface area contributed by atoms with E-state index in [1.54, 1.807) is 24.5 Å². The third-order valence-electron chi connectivity index (χ3n) is 5.29. The van der Waals surface area contributed by atoms with Gasteiger partial charge in [-0.25, -0.2) is 4.98 Å². The highest BCUT2D eigenvalue weighted by atomic mass is 19.4. The van der Waals surface area contributed by atoms with Gasteiger partial charge in [-0.2, -0.15) is 31.3 Å². The standard InChI is InChI=1S/C22H19F6N5/c23-21(24,25)14-7-8-17(16(10-14)22(26,27)28)31-19-11-18(13-4-3-9-29-12-13)32-20(33-19)30-15-5-1-2-6-15/h3-4,7-12,15H,1-2,5-6H2,(H2,30,31,32,33). The van der Waals surface area contributed by atoms with Crippen molar-refractivity contribution in [2.75, 3.05) is 10.6 Å². The summed E-state index contributed by atoms with van der Waals surface area (Å²) < 4.78 is 79.6. The Morgan fingerprint density at radius 1 is 0.879 bits per heavy atom. The summed E-state index contributed by atoms with van der Waals surface area (Å²) in [6, 6.07) is 6.42. The minimum atomic E-state index is -5.01. The predicted octanol–water partition coefficient (Wildman–Crippen LogP) is 6.67. The predicted molar refractivity (Wildman–Crippen MR) is 111 cm³/mol. The van der Waals surface area contributed by atoms with E-state index < -0.39 is 29.2 Å². The lowest BCUT2D eigenvalue weighted by atomic mass is 10.1. The number of halogens is 6. The van der Waals surface area contributed by atoms with Crippen molar-refractivity contribution in [1.29, 1.82) is 0 Å². The van der Waals surface area contributed by atoms with Crippen LogP contribution in [0.1, 0.15) is 36.8 Å². The van der Waals surface area contributed by atoms with Gasteiger partial charge in [-0.05, 0) is 43.2 Å². The molecule has 0 saturated heterocycles. The van der Waals surface area contributed by atoms with Crippen LogP contribution in [0.4, 0.5) is 43.8 Å². The van der Waals surface area contributed by atoms with Gasteiger partial charge in [0.2, 0.25) is 5.95 Å². The second kappa shape index (κ2) is 8.87. The summed E-state index contributed by atoms with van der Waals surface area (Å²) in [5.74, 6) is 0.223. The first-order valence-electron chi connectivity index (χ1n) is 10.2. The molecule has 5 nitrogen and oxygen atoms in total. The van der Waals surface area contributed by atoms with Crippen molar-refractivity contribution >= 4 is 17.5 Å². The Kier molecular flexibility index (Phi) is 6.13. The molecule has 3 aromatic rings. The van der Waals surface area contributed by atoms with Crippen LogP contribution in [0.5, 0.6) is 0 Å². The maximum Gasteiger partial charge on any atom is 0.418 e. The lowest BCUT2D eigenvalue weighted by Gasteiger charge is -2.18. The van der Waals surface area contributed by atoms with Crippen LogP contribution >= 0.6 is 0 Å². The van der Waals surface area contributed by atoms with Gasteiger partial charge in [-0.1, -0.05) is 12.8 Å². The van der Waals surface area contributed by atoms with E-state index in [2.05, 4.69) is 25.6 Å². The molecule has 174 valence electrons. The lowest BCUT2D eigenvalue weighted by molar-refractivity contribution is -0.142. The van der Waals surface area contributed by atoms with Crippen LogP contribution in [0.3, 0.4) is 0 Å². The number of anilines is 3. The highest BCUT2D eigenvalue weighted by molar-refractivity contribution is 5.69. The summed E-state index contributed by atoms with van der Waals surface area (Å²) in [6.07, 6.45) is -2.87. The van der Waals surface area contributed by atoms with Gasteiger partial charge in [0.25, 0.3) is 0 Å². The maximum atomic E-state index is 13.6. The molecule has 2 N–H and O–H groups in total. The second-order valence-electron chi connectivity index (χ2n) is 7.71. The Balaban J connectivity index is 1.74. The molecule has 0 amide bonds. The molecule has 1 fully saturated rings. The topological polar surface area (TPSA) is 62.7 Å². The van der Waals surface area contributed by atoms with Gasteiger partial charge in [0, 0.05) is 30.1 Å². The number of hydrogen-bond donors (Lipinski definition) is 2. The van der Waals surface area contributed by atoms with Gasteiger partial charge in [0.05, 0.1) is 22.5 Å². The van der Waals surface area contributed by atoms with E-state index >= 15 is 0 Å². The number of rotatable bonds is 5. The van der Waals surface area contributed by atoms with Crippen molar-refractivity contribution in [3.63, 3.8) is 0 Å². The Morgan fingerprint density at radius 3 is 2.27 bits per heavy atom. The molecule has 0 unspecified atom stereocenters. The van der Waals surface area contributed by atoms with Gasteiger partial charge < -0.3 is 10.6 Å². The highest BCUT2D eigenvalue weighted by Gasteiger charge is 2.38. The van der Waals surface area contributed by atoms with Crippen molar-refractivity contribution in [3.05, 3.63) is 59.9 Å². The fourth-order valence-electron chi connectivity index (χ4n) is 3.69. The van der Waals surface area contributed by atoms with Crippen LogP contribution in [0.15, 0.2) is 48.8 Å². The molecule has 0 spiro atoms. The van der Waals surface area contributed by atoms with Crippen molar-refractivity contribution < 1.29 is 26.3 Å². The first-order valence-corrected chi connectivity index (χ1v) is 10.2. The summed E-state index contributed by atoms with van der Waals surface area (Å²) in [5, 5.41) is 5.73. The molecule has 0 aliphatic heterocycles. The van der Waals surface area contributed by atoms with E-state index in [0.29, 0.717) is 17.3 Å². The Bertz CT molecular complexity index is 1110. The smallest absolute Gasteiger partial charge is 0.351 e. The number of aromatic nitrogens is 3. The van der Waals surface area contributed by atoms with Crippen molar-refractivity contribution in [3.8, 4) is 11.3 Å². The van der Waals surface area contributed by atoms with Crippen LogP contribution in [-0.2, 0) is 12.4 Å². The molecule has 0 atom stereocenters. The SMILES string of the molecule is FC(F)(F)c1ccc(Nc2cc(-c3cccnc3)nc(NC3CCCC3)n2)c(C(F)(F)F)c1. The number of alkyl halides is 6. The molecule has 1 aliphatic rings. The van der Waals surface area contributed by atoms with Crippen molar-refractivity contribution in [1.82, 2.24) is 15.0 Å². The van der Waals surface area contributed by atoms with Crippen molar-refractivity contribution in [2.24, 2.45) is 0 Å². The molecule has 0 radical (unpaired) electrons. The maximum absolute atomic E-state index is 13.6. The van der Waals surface area contributed by atoms with E-state index in [1.165, 1.54) is 6.07 Å². The van der Waals surface area contributed by atoms with Crippen LogP contribution in [0.2, 0.25) is 0 Å². The van der Waals surface area contributed by atoms with E-state index in [-0.39, 0.29) is 23.9 Å². The third-order valence-corrected chi connectivity index (χ3v) is 5.29. The number of nitrogens with one attached hydrogen (secondary N) is 2. The molecule has 33 heavy (non-hydrogen) atoms. The Labute approximate surface area is 185 Å². The Hall–Kier alpha value is -3.37. The van der Waals surface area contributed by atoms with Gasteiger partial charge in [0.15, 0.2) is 0 Å². The van der Waals surface area contributed by atoms with Crippen LogP contribution in [0.25, 0.3) is 11.3 Å². The first-order chi connectivity index (χ1) is 15.6. The number of benzene rings is 1. The zero-order chi connectivity index (χ0) is 23.6. The number of nitrogens with zero attached hydrogens (tertiary/aromatic N) is 3. The van der Waals surface area contributed by atoms with Gasteiger partial charge in [0.1, 0.15) is 5.82 Å². The highest BCUT2D eigenvalue weighted by Crippen LogP contribution is 2.40. The van der Waals surface area contributed by atoms with E-state index in [0.717, 1.165) is 31.7 Å². The van der Waals surface area contributed by atoms with Gasteiger partial charge >= 0.3 is 12.4 Å². The fraction of sp³-hybridized carbons (Fsp3) is 0.318. The molecule has 1 saturated carbocycles. The summed E-state index contributed by atoms with van der Waals surface area (Å²) in [7, 11) is 0. The Morgan fingerprint density at radius 2 is 1.64 bits per heavy atom. The first kappa shape index (κ1) is 22.8. The molecule has 2 aromatic heterocycles. The molecular weight excluding hydrogens is 448 g/mol. The van der Waals surface area contributed by atoms with Gasteiger partial charge in [-0.15, -0.1) is 0 Å². The normalized spacial score (nSPS) is 15.0. The quantitative estimate of drug-likeness (QED) is 0.410. The lowest BCUT2D eigenvalue weighted by Crippen LogP contribution is -2.17. The molecule has 2 heterocycles. The summed E-state index contributed by atoms with van der Waals surface area (Å²) in [4.78, 5) is 12.8. The molecule has 4 rings (SSSR count). The molecular formula is C22H19F6N5. The largest absolute Gasteiger partial charge is 0.418 e. The summed E-state index contributed by atoms with van der Waals surface area (Å²) in [6.45, 7) is 0. The third kappa shape index (κ3) is 5.52. The average molecular weight is 467 g/mol. The molecule has 1 aliphatic carbocycles. The van der Waals surface area contributed by atoms with Crippen molar-refractivity contribution in [2.45, 2.75) is 44.1 Å². The minimum absolute atomic E-state index is 0.00890. The number of pyridine rings is 1. The second-order valence-corrected chi connectivity index (χ2v) is 7.71.